The van der Waals surface area contributed by atoms with E-state index >= 15 is 0 Å². The number of aromatic nitrogens is 1. The van der Waals surface area contributed by atoms with Gasteiger partial charge in [0.25, 0.3) is 0 Å². The Morgan fingerprint density at radius 3 is 2.64 bits per heavy atom. The van der Waals surface area contributed by atoms with E-state index in [4.69, 9.17) is 11.6 Å². The number of esters is 1. The molecule has 0 bridgehead atoms. The maximum atomic E-state index is 11.3. The van der Waals surface area contributed by atoms with Gasteiger partial charge >= 0.3 is 5.97 Å². The number of hydrogen-bond acceptors (Lipinski definition) is 2. The molecule has 0 atom stereocenters. The van der Waals surface area contributed by atoms with Gasteiger partial charge in [-0.05, 0) is 31.4 Å². The molecular weight excluding hydrogens is 202 g/mol. The third kappa shape index (κ3) is 1.93. The standard InChI is InChI=1S/C10H14ClNO2/c1-6-8(4-5-11)7(2)12-9(6)10(13)14-3/h12H,4-5H2,1-3H3. The van der Waals surface area contributed by atoms with Crippen LogP contribution in [0.3, 0.4) is 0 Å². The van der Waals surface area contributed by atoms with Crippen LogP contribution < -0.4 is 0 Å². The van der Waals surface area contributed by atoms with Crippen LogP contribution in [0.5, 0.6) is 0 Å². The number of nitrogens with one attached hydrogen (secondary N) is 1. The zero-order valence-electron chi connectivity index (χ0n) is 8.61. The van der Waals surface area contributed by atoms with Crippen molar-refractivity contribution in [3.05, 3.63) is 22.5 Å². The van der Waals surface area contributed by atoms with Gasteiger partial charge in [-0.25, -0.2) is 4.79 Å². The number of rotatable bonds is 3. The second kappa shape index (κ2) is 4.51. The number of carbonyl (C=O) groups excluding carboxylic acids is 1. The minimum atomic E-state index is -0.327. The summed E-state index contributed by atoms with van der Waals surface area (Å²) in [5, 5.41) is 0. The Labute approximate surface area is 88.4 Å². The summed E-state index contributed by atoms with van der Waals surface area (Å²) in [7, 11) is 1.37. The molecule has 14 heavy (non-hydrogen) atoms. The van der Waals surface area contributed by atoms with E-state index in [9.17, 15) is 4.79 Å². The summed E-state index contributed by atoms with van der Waals surface area (Å²) < 4.78 is 4.66. The van der Waals surface area contributed by atoms with E-state index in [0.717, 1.165) is 23.2 Å². The van der Waals surface area contributed by atoms with Gasteiger partial charge in [0.2, 0.25) is 0 Å². The molecule has 4 heteroatoms. The average molecular weight is 216 g/mol. The van der Waals surface area contributed by atoms with Crippen molar-refractivity contribution in [2.24, 2.45) is 0 Å². The molecule has 0 aliphatic heterocycles. The van der Waals surface area contributed by atoms with Gasteiger partial charge in [-0.15, -0.1) is 11.6 Å². The molecule has 0 fully saturated rings. The van der Waals surface area contributed by atoms with Crippen LogP contribution in [-0.4, -0.2) is 23.9 Å². The number of aromatic amines is 1. The van der Waals surface area contributed by atoms with Gasteiger partial charge in [-0.3, -0.25) is 0 Å². The molecule has 1 N–H and O–H groups in total. The van der Waals surface area contributed by atoms with E-state index in [1.165, 1.54) is 7.11 Å². The lowest BCUT2D eigenvalue weighted by molar-refractivity contribution is 0.0594. The lowest BCUT2D eigenvalue weighted by atomic mass is 10.1. The SMILES string of the molecule is COC(=O)c1[nH]c(C)c(CCCl)c1C. The topological polar surface area (TPSA) is 42.1 Å². The molecule has 0 aliphatic rings. The van der Waals surface area contributed by atoms with E-state index < -0.39 is 0 Å². The molecule has 0 radical (unpaired) electrons. The number of methoxy groups -OCH3 is 1. The van der Waals surface area contributed by atoms with Crippen LogP contribution in [0.25, 0.3) is 0 Å². The highest BCUT2D eigenvalue weighted by Crippen LogP contribution is 2.19. The van der Waals surface area contributed by atoms with Crippen LogP contribution in [0.2, 0.25) is 0 Å². The van der Waals surface area contributed by atoms with Crippen molar-refractivity contribution in [2.45, 2.75) is 20.3 Å². The van der Waals surface area contributed by atoms with Crippen molar-refractivity contribution in [2.75, 3.05) is 13.0 Å². The number of ether oxygens (including phenoxy) is 1. The van der Waals surface area contributed by atoms with Gasteiger partial charge in [0.1, 0.15) is 5.69 Å². The molecule has 0 unspecified atom stereocenters. The second-order valence-corrected chi connectivity index (χ2v) is 3.54. The molecule has 0 aliphatic carbocycles. The van der Waals surface area contributed by atoms with Gasteiger partial charge in [0.05, 0.1) is 7.11 Å². The van der Waals surface area contributed by atoms with Crippen LogP contribution in [-0.2, 0) is 11.2 Å². The fourth-order valence-corrected chi connectivity index (χ4v) is 1.75. The second-order valence-electron chi connectivity index (χ2n) is 3.16. The largest absolute Gasteiger partial charge is 0.464 e. The summed E-state index contributed by atoms with van der Waals surface area (Å²) in [6.07, 6.45) is 0.771. The Morgan fingerprint density at radius 2 is 2.14 bits per heavy atom. The van der Waals surface area contributed by atoms with Crippen LogP contribution in [0.1, 0.15) is 27.3 Å². The summed E-state index contributed by atoms with van der Waals surface area (Å²) >= 11 is 5.67. The zero-order chi connectivity index (χ0) is 10.7. The van der Waals surface area contributed by atoms with E-state index in [-0.39, 0.29) is 5.97 Å². The van der Waals surface area contributed by atoms with Crippen LogP contribution in [0, 0.1) is 13.8 Å². The van der Waals surface area contributed by atoms with Crippen molar-refractivity contribution < 1.29 is 9.53 Å². The molecule has 3 nitrogen and oxygen atoms in total. The number of carbonyl (C=O) groups is 1. The molecule has 1 heterocycles. The molecule has 0 spiro atoms. The van der Waals surface area contributed by atoms with Crippen molar-refractivity contribution in [3.63, 3.8) is 0 Å². The summed E-state index contributed by atoms with van der Waals surface area (Å²) in [5.41, 5.74) is 3.57. The number of hydrogen-bond donors (Lipinski definition) is 1. The first-order valence-corrected chi connectivity index (χ1v) is 4.97. The third-order valence-corrected chi connectivity index (χ3v) is 2.52. The predicted molar refractivity (Wildman–Crippen MR) is 56.0 cm³/mol. The van der Waals surface area contributed by atoms with Gasteiger partial charge < -0.3 is 9.72 Å². The van der Waals surface area contributed by atoms with Gasteiger partial charge in [0, 0.05) is 11.6 Å². The number of halogens is 1. The van der Waals surface area contributed by atoms with Crippen LogP contribution >= 0.6 is 11.6 Å². The molecule has 78 valence electrons. The van der Waals surface area contributed by atoms with E-state index in [0.29, 0.717) is 11.6 Å². The molecule has 1 aromatic heterocycles. The van der Waals surface area contributed by atoms with Crippen molar-refractivity contribution in [1.82, 2.24) is 4.98 Å². The zero-order valence-corrected chi connectivity index (χ0v) is 9.36. The van der Waals surface area contributed by atoms with Gasteiger partial charge in [-0.2, -0.15) is 0 Å². The molecule has 0 amide bonds. The Morgan fingerprint density at radius 1 is 1.50 bits per heavy atom. The van der Waals surface area contributed by atoms with E-state index in [1.807, 2.05) is 13.8 Å². The molecule has 0 saturated carbocycles. The first-order valence-electron chi connectivity index (χ1n) is 4.44. The smallest absolute Gasteiger partial charge is 0.354 e. The predicted octanol–water partition coefficient (Wildman–Crippen LogP) is 2.20. The van der Waals surface area contributed by atoms with Crippen molar-refractivity contribution in [1.29, 1.82) is 0 Å². The van der Waals surface area contributed by atoms with E-state index in [2.05, 4.69) is 9.72 Å². The summed E-state index contributed by atoms with van der Waals surface area (Å²) in [4.78, 5) is 14.3. The lowest BCUT2D eigenvalue weighted by Crippen LogP contribution is -2.03. The quantitative estimate of drug-likeness (QED) is 0.621. The van der Waals surface area contributed by atoms with Crippen molar-refractivity contribution >= 4 is 17.6 Å². The van der Waals surface area contributed by atoms with Crippen LogP contribution in [0.4, 0.5) is 0 Å². The third-order valence-electron chi connectivity index (χ3n) is 2.33. The number of aryl methyl sites for hydroxylation is 1. The lowest BCUT2D eigenvalue weighted by Gasteiger charge is -1.99. The van der Waals surface area contributed by atoms with E-state index in [1.54, 1.807) is 0 Å². The maximum absolute atomic E-state index is 11.3. The Hall–Kier alpha value is -0.960. The number of alkyl halides is 1. The molecule has 0 aromatic carbocycles. The highest BCUT2D eigenvalue weighted by atomic mass is 35.5. The summed E-state index contributed by atoms with van der Waals surface area (Å²) in [6.45, 7) is 3.83. The Bertz CT molecular complexity index is 344. The fourth-order valence-electron chi connectivity index (χ4n) is 1.56. The normalized spacial score (nSPS) is 10.3. The average Bonchev–Trinajstić information content (AvgIpc) is 2.45. The first kappa shape index (κ1) is 11.1. The highest BCUT2D eigenvalue weighted by Gasteiger charge is 2.16. The molecular formula is C10H14ClNO2. The molecule has 1 aromatic rings. The van der Waals surface area contributed by atoms with Crippen LogP contribution in [0.15, 0.2) is 0 Å². The highest BCUT2D eigenvalue weighted by molar-refractivity contribution is 6.18. The van der Waals surface area contributed by atoms with Crippen molar-refractivity contribution in [3.8, 4) is 0 Å². The Balaban J connectivity index is 3.10. The van der Waals surface area contributed by atoms with Gasteiger partial charge in [0.15, 0.2) is 0 Å². The summed E-state index contributed by atoms with van der Waals surface area (Å²) in [6, 6.07) is 0. The molecule has 1 rings (SSSR count). The minimum absolute atomic E-state index is 0.327. The first-order chi connectivity index (χ1) is 6.61. The van der Waals surface area contributed by atoms with Gasteiger partial charge in [-0.1, -0.05) is 0 Å². The Kier molecular flexibility index (Phi) is 3.58. The monoisotopic (exact) mass is 215 g/mol. The minimum Gasteiger partial charge on any atom is -0.464 e. The number of H-pyrrole nitrogens is 1. The maximum Gasteiger partial charge on any atom is 0.354 e. The summed E-state index contributed by atoms with van der Waals surface area (Å²) in [5.74, 6) is 0.228. The molecule has 0 saturated heterocycles. The fraction of sp³-hybridized carbons (Fsp3) is 0.500.